The van der Waals surface area contributed by atoms with E-state index in [0.29, 0.717) is 31.8 Å². The SMILES string of the molecule is CC[C@@H](C)CN1CCC2(CC1)C(=O)N(CCCc1cccnc1)C(=O)N2Cc1ccccc1. The lowest BCUT2D eigenvalue weighted by Crippen LogP contribution is -2.56. The maximum atomic E-state index is 13.8. The normalized spacial score (nSPS) is 19.5. The average Bonchev–Trinajstić information content (AvgIpc) is 3.03. The van der Waals surface area contributed by atoms with Gasteiger partial charge in [-0.3, -0.25) is 14.7 Å². The molecule has 6 heteroatoms. The number of imide groups is 1. The second kappa shape index (κ2) is 10.5. The third-order valence-electron chi connectivity index (χ3n) is 7.33. The highest BCUT2D eigenvalue weighted by Crippen LogP contribution is 2.38. The lowest BCUT2D eigenvalue weighted by molar-refractivity contribution is -0.136. The first-order valence-corrected chi connectivity index (χ1v) is 12.3. The van der Waals surface area contributed by atoms with E-state index in [-0.39, 0.29) is 11.9 Å². The summed E-state index contributed by atoms with van der Waals surface area (Å²) in [4.78, 5) is 37.3. The predicted molar refractivity (Wildman–Crippen MR) is 130 cm³/mol. The lowest BCUT2D eigenvalue weighted by atomic mass is 9.85. The first-order valence-electron chi connectivity index (χ1n) is 12.3. The van der Waals surface area contributed by atoms with E-state index in [9.17, 15) is 9.59 Å². The predicted octanol–water partition coefficient (Wildman–Crippen LogP) is 4.36. The van der Waals surface area contributed by atoms with E-state index in [0.717, 1.165) is 50.0 Å². The summed E-state index contributed by atoms with van der Waals surface area (Å²) < 4.78 is 0. The van der Waals surface area contributed by atoms with Crippen LogP contribution in [-0.2, 0) is 17.8 Å². The molecule has 0 unspecified atom stereocenters. The highest BCUT2D eigenvalue weighted by molar-refractivity contribution is 6.07. The number of hydrogen-bond acceptors (Lipinski definition) is 4. The Balaban J connectivity index is 1.49. The summed E-state index contributed by atoms with van der Waals surface area (Å²) in [6.07, 6.45) is 7.74. The minimum atomic E-state index is -0.715. The molecule has 2 aromatic rings. The number of aromatic nitrogens is 1. The number of hydrogen-bond donors (Lipinski definition) is 0. The molecule has 2 aliphatic heterocycles. The van der Waals surface area contributed by atoms with E-state index in [1.807, 2.05) is 53.6 Å². The number of aryl methyl sites for hydroxylation is 1. The van der Waals surface area contributed by atoms with Gasteiger partial charge in [-0.1, -0.05) is 56.7 Å². The van der Waals surface area contributed by atoms with E-state index in [2.05, 4.69) is 23.7 Å². The molecular formula is C27H36N4O2. The molecule has 176 valence electrons. The highest BCUT2D eigenvalue weighted by atomic mass is 16.2. The monoisotopic (exact) mass is 448 g/mol. The first kappa shape index (κ1) is 23.4. The van der Waals surface area contributed by atoms with Gasteiger partial charge in [0.1, 0.15) is 5.54 Å². The minimum Gasteiger partial charge on any atom is -0.305 e. The Morgan fingerprint density at radius 1 is 1.03 bits per heavy atom. The van der Waals surface area contributed by atoms with Crippen molar-refractivity contribution in [2.24, 2.45) is 5.92 Å². The Hall–Kier alpha value is -2.73. The number of rotatable bonds is 9. The van der Waals surface area contributed by atoms with Gasteiger partial charge in [-0.25, -0.2) is 4.79 Å². The quantitative estimate of drug-likeness (QED) is 0.535. The number of carbonyl (C=O) groups excluding carboxylic acids is 2. The van der Waals surface area contributed by atoms with Gasteiger partial charge in [0.2, 0.25) is 0 Å². The molecule has 4 rings (SSSR count). The van der Waals surface area contributed by atoms with Gasteiger partial charge in [0.05, 0.1) is 0 Å². The summed E-state index contributed by atoms with van der Waals surface area (Å²) in [6.45, 7) is 8.21. The molecule has 0 radical (unpaired) electrons. The molecule has 3 amide bonds. The van der Waals surface area contributed by atoms with Crippen molar-refractivity contribution in [3.05, 3.63) is 66.0 Å². The van der Waals surface area contributed by atoms with Crippen LogP contribution < -0.4 is 0 Å². The zero-order valence-electron chi connectivity index (χ0n) is 19.9. The number of benzene rings is 1. The second-order valence-corrected chi connectivity index (χ2v) is 9.62. The number of pyridine rings is 1. The molecule has 1 aromatic heterocycles. The van der Waals surface area contributed by atoms with Crippen LogP contribution in [0.4, 0.5) is 4.79 Å². The van der Waals surface area contributed by atoms with Gasteiger partial charge in [0.15, 0.2) is 0 Å². The maximum Gasteiger partial charge on any atom is 0.327 e. The molecule has 0 aliphatic carbocycles. The van der Waals surface area contributed by atoms with Crippen LogP contribution in [-0.4, -0.2) is 63.3 Å². The topological polar surface area (TPSA) is 56.8 Å². The van der Waals surface area contributed by atoms with Crippen LogP contribution in [0.25, 0.3) is 0 Å². The Morgan fingerprint density at radius 2 is 1.76 bits per heavy atom. The molecular weight excluding hydrogens is 412 g/mol. The van der Waals surface area contributed by atoms with Gasteiger partial charge in [-0.2, -0.15) is 0 Å². The van der Waals surface area contributed by atoms with Crippen LogP contribution >= 0.6 is 0 Å². The number of urea groups is 1. The summed E-state index contributed by atoms with van der Waals surface area (Å²) in [5.41, 5.74) is 1.48. The van der Waals surface area contributed by atoms with E-state index in [4.69, 9.17) is 0 Å². The van der Waals surface area contributed by atoms with Crippen LogP contribution in [0.5, 0.6) is 0 Å². The van der Waals surface area contributed by atoms with Crippen molar-refractivity contribution in [1.82, 2.24) is 19.7 Å². The zero-order valence-corrected chi connectivity index (χ0v) is 19.9. The Labute approximate surface area is 197 Å². The molecule has 2 aliphatic rings. The summed E-state index contributed by atoms with van der Waals surface area (Å²) in [5.74, 6) is 0.641. The number of amides is 3. The fourth-order valence-corrected chi connectivity index (χ4v) is 5.11. The molecule has 2 fully saturated rings. The van der Waals surface area contributed by atoms with E-state index >= 15 is 0 Å². The number of carbonyl (C=O) groups is 2. The Bertz CT molecular complexity index is 926. The third-order valence-corrected chi connectivity index (χ3v) is 7.33. The number of likely N-dealkylation sites (tertiary alicyclic amines) is 1. The van der Waals surface area contributed by atoms with E-state index in [1.165, 1.54) is 4.90 Å². The lowest BCUT2D eigenvalue weighted by Gasteiger charge is -2.42. The summed E-state index contributed by atoms with van der Waals surface area (Å²) >= 11 is 0. The van der Waals surface area contributed by atoms with E-state index in [1.54, 1.807) is 6.20 Å². The van der Waals surface area contributed by atoms with Crippen LogP contribution in [0.2, 0.25) is 0 Å². The Morgan fingerprint density at radius 3 is 2.42 bits per heavy atom. The molecule has 0 saturated carbocycles. The molecule has 1 atom stereocenters. The zero-order chi connectivity index (χ0) is 23.3. The van der Waals surface area contributed by atoms with Crippen molar-refractivity contribution < 1.29 is 9.59 Å². The molecule has 0 N–H and O–H groups in total. The molecule has 6 nitrogen and oxygen atoms in total. The first-order chi connectivity index (χ1) is 16.0. The van der Waals surface area contributed by atoms with E-state index < -0.39 is 5.54 Å². The van der Waals surface area contributed by atoms with Gasteiger partial charge in [0.25, 0.3) is 5.91 Å². The highest BCUT2D eigenvalue weighted by Gasteiger charge is 2.57. The molecule has 2 saturated heterocycles. The number of piperidine rings is 1. The largest absolute Gasteiger partial charge is 0.327 e. The minimum absolute atomic E-state index is 0.00203. The maximum absolute atomic E-state index is 13.8. The fourth-order valence-electron chi connectivity index (χ4n) is 5.11. The van der Waals surface area contributed by atoms with Crippen molar-refractivity contribution in [2.75, 3.05) is 26.2 Å². The van der Waals surface area contributed by atoms with Gasteiger partial charge in [0, 0.05) is 45.1 Å². The van der Waals surface area contributed by atoms with Crippen molar-refractivity contribution in [3.8, 4) is 0 Å². The van der Waals surface area contributed by atoms with Crippen molar-refractivity contribution in [1.29, 1.82) is 0 Å². The smallest absolute Gasteiger partial charge is 0.305 e. The van der Waals surface area contributed by atoms with Crippen LogP contribution in [0, 0.1) is 5.92 Å². The summed E-state index contributed by atoms with van der Waals surface area (Å²) in [6, 6.07) is 13.9. The summed E-state index contributed by atoms with van der Waals surface area (Å²) in [7, 11) is 0. The molecule has 1 spiro atoms. The molecule has 1 aromatic carbocycles. The molecule has 3 heterocycles. The summed E-state index contributed by atoms with van der Waals surface area (Å²) in [5, 5.41) is 0. The van der Waals surface area contributed by atoms with Crippen LogP contribution in [0.3, 0.4) is 0 Å². The Kier molecular flexibility index (Phi) is 7.43. The van der Waals surface area contributed by atoms with Crippen molar-refractivity contribution >= 4 is 11.9 Å². The van der Waals surface area contributed by atoms with Gasteiger partial charge >= 0.3 is 6.03 Å². The van der Waals surface area contributed by atoms with Gasteiger partial charge in [-0.05, 0) is 48.8 Å². The van der Waals surface area contributed by atoms with Crippen molar-refractivity contribution in [3.63, 3.8) is 0 Å². The van der Waals surface area contributed by atoms with Gasteiger partial charge < -0.3 is 9.80 Å². The third kappa shape index (κ3) is 5.11. The average molecular weight is 449 g/mol. The number of nitrogens with zero attached hydrogens (tertiary/aromatic N) is 4. The second-order valence-electron chi connectivity index (χ2n) is 9.62. The molecule has 33 heavy (non-hydrogen) atoms. The fraction of sp³-hybridized carbons (Fsp3) is 0.519. The van der Waals surface area contributed by atoms with Crippen LogP contribution in [0.15, 0.2) is 54.9 Å². The van der Waals surface area contributed by atoms with Gasteiger partial charge in [-0.15, -0.1) is 0 Å². The molecule has 0 bridgehead atoms. The van der Waals surface area contributed by atoms with Crippen molar-refractivity contribution in [2.45, 2.75) is 58.0 Å². The standard InChI is InChI=1S/C27H36N4O2/c1-3-22(2)20-29-17-13-27(14-18-29)25(32)30(16-8-12-23-11-7-15-28-19-23)26(33)31(27)21-24-9-5-4-6-10-24/h4-7,9-11,15,19,22H,3,8,12-14,16-18,20-21H2,1-2H3/t22-/m1/s1. The van der Waals surface area contributed by atoms with Crippen LogP contribution in [0.1, 0.15) is 50.7 Å².